The molecular formula is C12H23N5O2S. The summed E-state index contributed by atoms with van der Waals surface area (Å²) in [5, 5.41) is 7.06. The van der Waals surface area contributed by atoms with E-state index in [1.165, 1.54) is 6.20 Å². The minimum absolute atomic E-state index is 0.236. The summed E-state index contributed by atoms with van der Waals surface area (Å²) in [6, 6.07) is 0. The normalized spacial score (nSPS) is 20.6. The van der Waals surface area contributed by atoms with Crippen molar-refractivity contribution in [3.05, 3.63) is 12.4 Å². The average Bonchev–Trinajstić information content (AvgIpc) is 3.03. The van der Waals surface area contributed by atoms with Crippen LogP contribution in [-0.4, -0.2) is 63.4 Å². The molecule has 7 nitrogen and oxygen atoms in total. The third-order valence-corrected chi connectivity index (χ3v) is 4.94. The zero-order chi connectivity index (χ0) is 14.6. The van der Waals surface area contributed by atoms with E-state index in [4.69, 9.17) is 0 Å². The van der Waals surface area contributed by atoms with Crippen LogP contribution in [0.4, 0.5) is 0 Å². The number of rotatable bonds is 7. The van der Waals surface area contributed by atoms with Crippen LogP contribution in [0.25, 0.3) is 0 Å². The van der Waals surface area contributed by atoms with E-state index in [1.807, 2.05) is 7.05 Å². The van der Waals surface area contributed by atoms with Gasteiger partial charge in [0.05, 0.1) is 12.7 Å². The molecule has 8 heteroatoms. The van der Waals surface area contributed by atoms with Crippen LogP contribution in [0.3, 0.4) is 0 Å². The third kappa shape index (κ3) is 4.02. The van der Waals surface area contributed by atoms with Crippen molar-refractivity contribution in [1.29, 1.82) is 0 Å². The van der Waals surface area contributed by atoms with Crippen LogP contribution in [0.2, 0.25) is 0 Å². The van der Waals surface area contributed by atoms with Gasteiger partial charge in [0.15, 0.2) is 0 Å². The Hall–Kier alpha value is -0.960. The standard InChI is InChI=1S/C12H23N5O2S/c1-13-4-6-17-10-12(8-14-17)20(18,19)15-7-11-3-5-16(2)9-11/h8,10-11,13,15H,3-7,9H2,1-2H3. The molecule has 114 valence electrons. The van der Waals surface area contributed by atoms with E-state index in [0.717, 1.165) is 26.1 Å². The molecular weight excluding hydrogens is 278 g/mol. The molecule has 0 radical (unpaired) electrons. The molecule has 0 saturated carbocycles. The molecule has 1 aromatic heterocycles. The maximum atomic E-state index is 12.2. The van der Waals surface area contributed by atoms with Crippen molar-refractivity contribution < 1.29 is 8.42 Å². The number of sulfonamides is 1. The van der Waals surface area contributed by atoms with Gasteiger partial charge >= 0.3 is 0 Å². The Kier molecular flexibility index (Phi) is 5.14. The largest absolute Gasteiger partial charge is 0.318 e. The third-order valence-electron chi connectivity index (χ3n) is 3.56. The van der Waals surface area contributed by atoms with Gasteiger partial charge in [0, 0.05) is 25.8 Å². The Morgan fingerprint density at radius 2 is 2.30 bits per heavy atom. The van der Waals surface area contributed by atoms with Gasteiger partial charge in [-0.05, 0) is 33.0 Å². The van der Waals surface area contributed by atoms with E-state index in [1.54, 1.807) is 10.9 Å². The first kappa shape index (κ1) is 15.4. The van der Waals surface area contributed by atoms with E-state index in [0.29, 0.717) is 19.0 Å². The van der Waals surface area contributed by atoms with Crippen LogP contribution in [0.15, 0.2) is 17.3 Å². The molecule has 1 aliphatic heterocycles. The molecule has 2 rings (SSSR count). The fraction of sp³-hybridized carbons (Fsp3) is 0.750. The van der Waals surface area contributed by atoms with Crippen molar-refractivity contribution in [3.63, 3.8) is 0 Å². The van der Waals surface area contributed by atoms with E-state index >= 15 is 0 Å². The first-order valence-corrected chi connectivity index (χ1v) is 8.35. The predicted molar refractivity (Wildman–Crippen MR) is 76.9 cm³/mol. The Morgan fingerprint density at radius 1 is 1.50 bits per heavy atom. The Bertz CT molecular complexity index is 528. The Morgan fingerprint density at radius 3 is 2.95 bits per heavy atom. The van der Waals surface area contributed by atoms with Crippen molar-refractivity contribution in [2.75, 3.05) is 40.3 Å². The second kappa shape index (κ2) is 6.66. The lowest BCUT2D eigenvalue weighted by Gasteiger charge is -2.11. The first-order valence-electron chi connectivity index (χ1n) is 6.86. The first-order chi connectivity index (χ1) is 9.51. The molecule has 20 heavy (non-hydrogen) atoms. The minimum atomic E-state index is -3.44. The molecule has 0 amide bonds. The summed E-state index contributed by atoms with van der Waals surface area (Å²) in [6.07, 6.45) is 4.01. The SMILES string of the molecule is CNCCn1cc(S(=O)(=O)NCC2CCN(C)C2)cn1. The molecule has 0 bridgehead atoms. The molecule has 1 unspecified atom stereocenters. The number of nitrogens with zero attached hydrogens (tertiary/aromatic N) is 3. The highest BCUT2D eigenvalue weighted by Gasteiger charge is 2.23. The van der Waals surface area contributed by atoms with Crippen LogP contribution in [0.5, 0.6) is 0 Å². The molecule has 1 fully saturated rings. The smallest absolute Gasteiger partial charge is 0.243 e. The fourth-order valence-electron chi connectivity index (χ4n) is 2.34. The summed E-state index contributed by atoms with van der Waals surface area (Å²) in [6.45, 7) is 3.88. The topological polar surface area (TPSA) is 79.3 Å². The quantitative estimate of drug-likeness (QED) is 0.698. The Balaban J connectivity index is 1.90. The average molecular weight is 301 g/mol. The molecule has 0 aromatic carbocycles. The highest BCUT2D eigenvalue weighted by Crippen LogP contribution is 2.14. The zero-order valence-electron chi connectivity index (χ0n) is 12.0. The van der Waals surface area contributed by atoms with Crippen LogP contribution in [0, 0.1) is 5.92 Å². The molecule has 2 heterocycles. The van der Waals surface area contributed by atoms with Crippen molar-refractivity contribution >= 4 is 10.0 Å². The van der Waals surface area contributed by atoms with Crippen molar-refractivity contribution in [1.82, 2.24) is 24.7 Å². The van der Waals surface area contributed by atoms with Crippen molar-refractivity contribution in [2.45, 2.75) is 17.9 Å². The maximum absolute atomic E-state index is 12.2. The molecule has 0 aliphatic carbocycles. The van der Waals surface area contributed by atoms with Gasteiger partial charge in [-0.2, -0.15) is 5.10 Å². The van der Waals surface area contributed by atoms with Gasteiger partial charge in [0.25, 0.3) is 0 Å². The van der Waals surface area contributed by atoms with E-state index in [2.05, 4.69) is 27.1 Å². The van der Waals surface area contributed by atoms with E-state index in [9.17, 15) is 8.42 Å². The summed E-state index contributed by atoms with van der Waals surface area (Å²) in [4.78, 5) is 2.45. The molecule has 1 aliphatic rings. The lowest BCUT2D eigenvalue weighted by Crippen LogP contribution is -2.30. The number of hydrogen-bond acceptors (Lipinski definition) is 5. The molecule has 1 saturated heterocycles. The van der Waals surface area contributed by atoms with Crippen LogP contribution >= 0.6 is 0 Å². The number of nitrogens with one attached hydrogen (secondary N) is 2. The van der Waals surface area contributed by atoms with Gasteiger partial charge in [-0.3, -0.25) is 4.68 Å². The Labute approximate surface area is 120 Å². The maximum Gasteiger partial charge on any atom is 0.243 e. The number of likely N-dealkylation sites (tertiary alicyclic amines) is 1. The van der Waals surface area contributed by atoms with Crippen LogP contribution < -0.4 is 10.0 Å². The minimum Gasteiger partial charge on any atom is -0.318 e. The molecule has 1 atom stereocenters. The van der Waals surface area contributed by atoms with Crippen molar-refractivity contribution in [2.24, 2.45) is 5.92 Å². The fourth-order valence-corrected chi connectivity index (χ4v) is 3.40. The summed E-state index contributed by atoms with van der Waals surface area (Å²) in [7, 11) is 0.463. The summed E-state index contributed by atoms with van der Waals surface area (Å²) < 4.78 is 28.6. The highest BCUT2D eigenvalue weighted by atomic mass is 32.2. The number of likely N-dealkylation sites (N-methyl/N-ethyl adjacent to an activating group) is 1. The summed E-state index contributed by atoms with van der Waals surface area (Å²) in [5.74, 6) is 0.397. The second-order valence-corrected chi connectivity index (χ2v) is 7.08. The van der Waals surface area contributed by atoms with E-state index < -0.39 is 10.0 Å². The number of hydrogen-bond donors (Lipinski definition) is 2. The van der Waals surface area contributed by atoms with Crippen LogP contribution in [-0.2, 0) is 16.6 Å². The molecule has 1 aromatic rings. The summed E-state index contributed by atoms with van der Waals surface area (Å²) >= 11 is 0. The second-order valence-electron chi connectivity index (χ2n) is 5.31. The lowest BCUT2D eigenvalue weighted by atomic mass is 10.1. The zero-order valence-corrected chi connectivity index (χ0v) is 12.9. The summed E-state index contributed by atoms with van der Waals surface area (Å²) in [5.41, 5.74) is 0. The van der Waals surface area contributed by atoms with Gasteiger partial charge < -0.3 is 10.2 Å². The van der Waals surface area contributed by atoms with Gasteiger partial charge in [-0.1, -0.05) is 0 Å². The lowest BCUT2D eigenvalue weighted by molar-refractivity contribution is 0.394. The van der Waals surface area contributed by atoms with Gasteiger partial charge in [-0.25, -0.2) is 13.1 Å². The van der Waals surface area contributed by atoms with Gasteiger partial charge in [0.2, 0.25) is 10.0 Å². The molecule has 0 spiro atoms. The predicted octanol–water partition coefficient (Wildman–Crippen LogP) is -0.667. The number of aromatic nitrogens is 2. The molecule has 2 N–H and O–H groups in total. The monoisotopic (exact) mass is 301 g/mol. The van der Waals surface area contributed by atoms with Crippen LogP contribution in [0.1, 0.15) is 6.42 Å². The van der Waals surface area contributed by atoms with Gasteiger partial charge in [-0.15, -0.1) is 0 Å². The van der Waals surface area contributed by atoms with E-state index in [-0.39, 0.29) is 4.90 Å². The van der Waals surface area contributed by atoms with Crippen molar-refractivity contribution in [3.8, 4) is 0 Å². The van der Waals surface area contributed by atoms with Gasteiger partial charge in [0.1, 0.15) is 4.90 Å². The highest BCUT2D eigenvalue weighted by molar-refractivity contribution is 7.89.